The topological polar surface area (TPSA) is 29.1 Å². The highest BCUT2D eigenvalue weighted by molar-refractivity contribution is 8.00. The zero-order valence-electron chi connectivity index (χ0n) is 7.85. The molecule has 70 valence electrons. The summed E-state index contributed by atoms with van der Waals surface area (Å²) >= 11 is 1.88. The van der Waals surface area contributed by atoms with Crippen LogP contribution in [-0.4, -0.2) is 23.5 Å². The molecule has 0 saturated heterocycles. The molecule has 0 radical (unpaired) electrons. The quantitative estimate of drug-likeness (QED) is 0.711. The lowest BCUT2D eigenvalue weighted by Gasteiger charge is -2.12. The van der Waals surface area contributed by atoms with Crippen LogP contribution in [-0.2, 0) is 4.79 Å². The maximum atomic E-state index is 11.1. The Morgan fingerprint density at radius 2 is 2.25 bits per heavy atom. The zero-order valence-corrected chi connectivity index (χ0v) is 8.67. The Bertz CT molecular complexity index is 166. The van der Waals surface area contributed by atoms with E-state index in [-0.39, 0.29) is 5.91 Å². The third kappa shape index (κ3) is 2.70. The summed E-state index contributed by atoms with van der Waals surface area (Å²) in [4.78, 5) is 11.1. The Kier molecular flexibility index (Phi) is 3.44. The van der Waals surface area contributed by atoms with E-state index < -0.39 is 0 Å². The monoisotopic (exact) mass is 187 g/mol. The maximum Gasteiger partial charge on any atom is 0.220 e. The lowest BCUT2D eigenvalue weighted by molar-refractivity contribution is -0.121. The molecular formula is C9H17NOS. The molecule has 1 fully saturated rings. The molecule has 1 rings (SSSR count). The maximum absolute atomic E-state index is 11.1. The van der Waals surface area contributed by atoms with Crippen LogP contribution >= 0.6 is 11.8 Å². The first kappa shape index (κ1) is 9.90. The van der Waals surface area contributed by atoms with Crippen LogP contribution in [0.25, 0.3) is 0 Å². The second kappa shape index (κ2) is 4.17. The van der Waals surface area contributed by atoms with E-state index in [1.54, 1.807) is 0 Å². The van der Waals surface area contributed by atoms with Crippen molar-refractivity contribution in [2.75, 3.05) is 12.8 Å². The predicted octanol–water partition coefficient (Wildman–Crippen LogP) is 1.80. The van der Waals surface area contributed by atoms with Crippen molar-refractivity contribution in [3.8, 4) is 0 Å². The number of amides is 1. The van der Waals surface area contributed by atoms with Crippen molar-refractivity contribution in [2.45, 2.75) is 37.4 Å². The fraction of sp³-hybridized carbons (Fsp3) is 0.889. The lowest BCUT2D eigenvalue weighted by Crippen LogP contribution is -2.31. The van der Waals surface area contributed by atoms with Crippen LogP contribution in [0.4, 0.5) is 0 Å². The minimum absolute atomic E-state index is 0.206. The van der Waals surface area contributed by atoms with Crippen molar-refractivity contribution < 1.29 is 4.79 Å². The first-order valence-corrected chi connectivity index (χ1v) is 5.77. The van der Waals surface area contributed by atoms with Crippen molar-refractivity contribution in [2.24, 2.45) is 0 Å². The number of carbonyl (C=O) groups is 1. The molecule has 0 aromatic rings. The minimum atomic E-state index is 0.206. The first-order valence-electron chi connectivity index (χ1n) is 4.54. The summed E-state index contributed by atoms with van der Waals surface area (Å²) in [5.74, 6) is 0.206. The molecule has 1 amide bonds. The van der Waals surface area contributed by atoms with E-state index >= 15 is 0 Å². The fourth-order valence-corrected chi connectivity index (χ4v) is 1.89. The number of carbonyl (C=O) groups excluding carboxylic acids is 1. The molecule has 0 atom stereocenters. The van der Waals surface area contributed by atoms with Gasteiger partial charge in [-0.2, -0.15) is 11.8 Å². The van der Waals surface area contributed by atoms with Gasteiger partial charge >= 0.3 is 0 Å². The predicted molar refractivity (Wildman–Crippen MR) is 53.4 cm³/mol. The number of nitrogens with one attached hydrogen (secondary N) is 1. The standard InChI is InChI=1S/C9H17NOS/c1-3-4-8(11)10-7-9(12-2)5-6-9/h3-7H2,1-2H3,(H,10,11). The van der Waals surface area contributed by atoms with E-state index in [2.05, 4.69) is 11.6 Å². The van der Waals surface area contributed by atoms with Crippen LogP contribution < -0.4 is 5.32 Å². The summed E-state index contributed by atoms with van der Waals surface area (Å²) in [6, 6.07) is 0. The van der Waals surface area contributed by atoms with E-state index in [4.69, 9.17) is 0 Å². The van der Waals surface area contributed by atoms with E-state index in [0.29, 0.717) is 11.2 Å². The SMILES string of the molecule is CCCC(=O)NCC1(SC)CC1. The van der Waals surface area contributed by atoms with Crippen LogP contribution in [0.5, 0.6) is 0 Å². The van der Waals surface area contributed by atoms with E-state index in [1.165, 1.54) is 12.8 Å². The number of rotatable bonds is 5. The molecule has 1 aliphatic rings. The molecule has 0 aromatic heterocycles. The molecule has 0 aliphatic heterocycles. The summed E-state index contributed by atoms with van der Waals surface area (Å²) in [5.41, 5.74) is 0. The number of hydrogen-bond donors (Lipinski definition) is 1. The van der Waals surface area contributed by atoms with Gasteiger partial charge in [0.05, 0.1) is 0 Å². The second-order valence-corrected chi connectivity index (χ2v) is 4.69. The molecule has 0 spiro atoms. The van der Waals surface area contributed by atoms with Crippen molar-refractivity contribution in [3.05, 3.63) is 0 Å². The van der Waals surface area contributed by atoms with Gasteiger partial charge in [0.1, 0.15) is 0 Å². The van der Waals surface area contributed by atoms with Gasteiger partial charge < -0.3 is 5.32 Å². The zero-order chi connectivity index (χ0) is 9.03. The third-order valence-corrected chi connectivity index (χ3v) is 3.74. The molecule has 12 heavy (non-hydrogen) atoms. The molecule has 0 bridgehead atoms. The molecule has 1 N–H and O–H groups in total. The van der Waals surface area contributed by atoms with Gasteiger partial charge in [0.2, 0.25) is 5.91 Å². The van der Waals surface area contributed by atoms with Gasteiger partial charge in [-0.3, -0.25) is 4.79 Å². The lowest BCUT2D eigenvalue weighted by atomic mass is 10.3. The molecule has 2 nitrogen and oxygen atoms in total. The van der Waals surface area contributed by atoms with Crippen LogP contribution in [0.2, 0.25) is 0 Å². The Morgan fingerprint density at radius 3 is 2.67 bits per heavy atom. The highest BCUT2D eigenvalue weighted by Gasteiger charge is 2.41. The summed E-state index contributed by atoms with van der Waals surface area (Å²) in [6.45, 7) is 2.90. The van der Waals surface area contributed by atoms with Crippen molar-refractivity contribution in [1.82, 2.24) is 5.32 Å². The molecule has 3 heteroatoms. The summed E-state index contributed by atoms with van der Waals surface area (Å²) in [7, 11) is 0. The van der Waals surface area contributed by atoms with Crippen LogP contribution in [0, 0.1) is 0 Å². The normalized spacial score (nSPS) is 18.8. The van der Waals surface area contributed by atoms with E-state index in [0.717, 1.165) is 13.0 Å². The number of hydrogen-bond acceptors (Lipinski definition) is 2. The largest absolute Gasteiger partial charge is 0.355 e. The third-order valence-electron chi connectivity index (χ3n) is 2.33. The summed E-state index contributed by atoms with van der Waals surface area (Å²) in [6.07, 6.45) is 6.27. The van der Waals surface area contributed by atoms with Gasteiger partial charge in [0.15, 0.2) is 0 Å². The van der Waals surface area contributed by atoms with Crippen molar-refractivity contribution in [3.63, 3.8) is 0 Å². The van der Waals surface area contributed by atoms with Gasteiger partial charge in [-0.05, 0) is 25.5 Å². The van der Waals surface area contributed by atoms with E-state index in [1.807, 2.05) is 18.7 Å². The molecule has 0 aromatic carbocycles. The van der Waals surface area contributed by atoms with Crippen molar-refractivity contribution >= 4 is 17.7 Å². The van der Waals surface area contributed by atoms with Gasteiger partial charge in [-0.1, -0.05) is 6.92 Å². The fourth-order valence-electron chi connectivity index (χ4n) is 1.17. The van der Waals surface area contributed by atoms with Gasteiger partial charge in [-0.25, -0.2) is 0 Å². The molecule has 0 unspecified atom stereocenters. The highest BCUT2D eigenvalue weighted by Crippen LogP contribution is 2.46. The average Bonchev–Trinajstić information content (AvgIpc) is 2.82. The Hall–Kier alpha value is -0.180. The molecular weight excluding hydrogens is 170 g/mol. The smallest absolute Gasteiger partial charge is 0.220 e. The molecule has 1 aliphatic carbocycles. The van der Waals surface area contributed by atoms with E-state index in [9.17, 15) is 4.79 Å². The summed E-state index contributed by atoms with van der Waals surface area (Å²) < 4.78 is 0.406. The van der Waals surface area contributed by atoms with Crippen molar-refractivity contribution in [1.29, 1.82) is 0 Å². The first-order chi connectivity index (χ1) is 5.72. The Labute approximate surface area is 78.5 Å². The van der Waals surface area contributed by atoms with Crippen LogP contribution in [0.15, 0.2) is 0 Å². The molecule has 1 saturated carbocycles. The van der Waals surface area contributed by atoms with Gasteiger partial charge in [0.25, 0.3) is 0 Å². The highest BCUT2D eigenvalue weighted by atomic mass is 32.2. The molecule has 0 heterocycles. The Morgan fingerprint density at radius 1 is 1.58 bits per heavy atom. The Balaban J connectivity index is 2.12. The van der Waals surface area contributed by atoms with Gasteiger partial charge in [-0.15, -0.1) is 0 Å². The summed E-state index contributed by atoms with van der Waals surface area (Å²) in [5, 5.41) is 2.98. The van der Waals surface area contributed by atoms with Crippen LogP contribution in [0.1, 0.15) is 32.6 Å². The van der Waals surface area contributed by atoms with Gasteiger partial charge in [0, 0.05) is 17.7 Å². The van der Waals surface area contributed by atoms with Crippen LogP contribution in [0.3, 0.4) is 0 Å². The minimum Gasteiger partial charge on any atom is -0.355 e. The average molecular weight is 187 g/mol. The number of thioether (sulfide) groups is 1. The second-order valence-electron chi connectivity index (χ2n) is 3.41.